The molecule has 1 rings (SSSR count). The number of aromatic nitrogens is 1. The van der Waals surface area contributed by atoms with E-state index in [1.807, 2.05) is 20.0 Å². The Morgan fingerprint density at radius 3 is 2.83 bits per heavy atom. The lowest BCUT2D eigenvalue weighted by Crippen LogP contribution is -1.89. The Hall–Kier alpha value is -0.630. The van der Waals surface area contributed by atoms with Gasteiger partial charge in [-0.2, -0.15) is 0 Å². The summed E-state index contributed by atoms with van der Waals surface area (Å²) in [6.45, 7) is 6.15. The molecule has 1 heterocycles. The fraction of sp³-hybridized carbons (Fsp3) is 0.300. The summed E-state index contributed by atoms with van der Waals surface area (Å²) >= 11 is 3.40. The van der Waals surface area contributed by atoms with Crippen LogP contribution in [0.2, 0.25) is 0 Å². The third-order valence-electron chi connectivity index (χ3n) is 1.91. The van der Waals surface area contributed by atoms with Gasteiger partial charge in [0.15, 0.2) is 0 Å². The van der Waals surface area contributed by atoms with Crippen LogP contribution in [0, 0.1) is 6.92 Å². The molecule has 0 aliphatic carbocycles. The monoisotopic (exact) mass is 225 g/mol. The number of allylic oxidation sites excluding steroid dienone is 2. The van der Waals surface area contributed by atoms with Gasteiger partial charge >= 0.3 is 0 Å². The van der Waals surface area contributed by atoms with E-state index in [1.165, 1.54) is 11.1 Å². The van der Waals surface area contributed by atoms with Gasteiger partial charge in [0.05, 0.1) is 0 Å². The molecule has 0 radical (unpaired) electrons. The van der Waals surface area contributed by atoms with Crippen LogP contribution < -0.4 is 0 Å². The maximum atomic E-state index is 4.26. The van der Waals surface area contributed by atoms with E-state index in [4.69, 9.17) is 0 Å². The average molecular weight is 226 g/mol. The summed E-state index contributed by atoms with van der Waals surface area (Å²) in [4.78, 5) is 4.26. The minimum Gasteiger partial charge on any atom is -0.260 e. The SMILES string of the molecule is C/C=C(/C)c1cc(Br)cnc1C. The van der Waals surface area contributed by atoms with Gasteiger partial charge in [0, 0.05) is 16.4 Å². The molecule has 0 saturated carbocycles. The maximum Gasteiger partial charge on any atom is 0.0448 e. The molecule has 0 N–H and O–H groups in total. The summed E-state index contributed by atoms with van der Waals surface area (Å²) in [7, 11) is 0. The smallest absolute Gasteiger partial charge is 0.0448 e. The first-order chi connectivity index (χ1) is 5.65. The van der Waals surface area contributed by atoms with E-state index >= 15 is 0 Å². The van der Waals surface area contributed by atoms with E-state index in [2.05, 4.69) is 40.0 Å². The van der Waals surface area contributed by atoms with Gasteiger partial charge in [-0.25, -0.2) is 0 Å². The lowest BCUT2D eigenvalue weighted by molar-refractivity contribution is 1.17. The molecule has 0 fully saturated rings. The zero-order valence-electron chi connectivity index (χ0n) is 7.56. The standard InChI is InChI=1S/C10H12BrN/c1-4-7(2)10-5-9(11)6-12-8(10)3/h4-6H,1-3H3/b7-4-. The van der Waals surface area contributed by atoms with Crippen molar-refractivity contribution < 1.29 is 0 Å². The number of hydrogen-bond acceptors (Lipinski definition) is 1. The second-order valence-corrected chi connectivity index (χ2v) is 3.67. The molecular weight excluding hydrogens is 214 g/mol. The van der Waals surface area contributed by atoms with Gasteiger partial charge in [-0.15, -0.1) is 0 Å². The van der Waals surface area contributed by atoms with E-state index in [9.17, 15) is 0 Å². The summed E-state index contributed by atoms with van der Waals surface area (Å²) in [5.74, 6) is 0. The predicted octanol–water partition coefficient (Wildman–Crippen LogP) is 3.58. The van der Waals surface area contributed by atoms with E-state index in [0.29, 0.717) is 0 Å². The summed E-state index contributed by atoms with van der Waals surface area (Å²) < 4.78 is 1.03. The molecule has 1 aromatic heterocycles. The van der Waals surface area contributed by atoms with E-state index in [-0.39, 0.29) is 0 Å². The van der Waals surface area contributed by atoms with Crippen molar-refractivity contribution in [3.63, 3.8) is 0 Å². The van der Waals surface area contributed by atoms with Gasteiger partial charge in [-0.1, -0.05) is 6.08 Å². The van der Waals surface area contributed by atoms with E-state index < -0.39 is 0 Å². The lowest BCUT2D eigenvalue weighted by atomic mass is 10.1. The molecule has 0 unspecified atom stereocenters. The topological polar surface area (TPSA) is 12.9 Å². The van der Waals surface area contributed by atoms with Crippen LogP contribution in [0.25, 0.3) is 5.57 Å². The van der Waals surface area contributed by atoms with Crippen molar-refractivity contribution >= 4 is 21.5 Å². The van der Waals surface area contributed by atoms with Crippen LogP contribution in [-0.2, 0) is 0 Å². The fourth-order valence-corrected chi connectivity index (χ4v) is 1.39. The molecule has 64 valence electrons. The van der Waals surface area contributed by atoms with Crippen molar-refractivity contribution in [2.75, 3.05) is 0 Å². The molecule has 0 bridgehead atoms. The molecule has 0 saturated heterocycles. The number of rotatable bonds is 1. The first kappa shape index (κ1) is 9.46. The van der Waals surface area contributed by atoms with Crippen LogP contribution in [0.1, 0.15) is 25.1 Å². The molecule has 0 aliphatic heterocycles. The van der Waals surface area contributed by atoms with Gasteiger partial charge < -0.3 is 0 Å². The van der Waals surface area contributed by atoms with Crippen molar-refractivity contribution in [3.05, 3.63) is 34.1 Å². The average Bonchev–Trinajstić information content (AvgIpc) is 2.08. The van der Waals surface area contributed by atoms with Crippen LogP contribution in [-0.4, -0.2) is 4.98 Å². The Morgan fingerprint density at radius 1 is 1.58 bits per heavy atom. The summed E-state index contributed by atoms with van der Waals surface area (Å²) in [5, 5.41) is 0. The molecule has 0 aliphatic rings. The summed E-state index contributed by atoms with van der Waals surface area (Å²) in [6, 6.07) is 2.09. The second kappa shape index (κ2) is 3.85. The Labute approximate surface area is 81.7 Å². The van der Waals surface area contributed by atoms with Crippen molar-refractivity contribution in [2.24, 2.45) is 0 Å². The van der Waals surface area contributed by atoms with Crippen molar-refractivity contribution in [3.8, 4) is 0 Å². The Kier molecular flexibility index (Phi) is 3.04. The Bertz CT molecular complexity index is 316. The highest BCUT2D eigenvalue weighted by Gasteiger charge is 2.00. The number of nitrogens with zero attached hydrogens (tertiary/aromatic N) is 1. The quantitative estimate of drug-likeness (QED) is 0.713. The minimum atomic E-state index is 1.03. The first-order valence-corrected chi connectivity index (χ1v) is 4.70. The maximum absolute atomic E-state index is 4.26. The minimum absolute atomic E-state index is 1.03. The first-order valence-electron chi connectivity index (χ1n) is 3.90. The van der Waals surface area contributed by atoms with Gasteiger partial charge in [-0.3, -0.25) is 4.98 Å². The molecule has 1 aromatic rings. The van der Waals surface area contributed by atoms with Crippen molar-refractivity contribution in [1.82, 2.24) is 4.98 Å². The molecule has 0 aromatic carbocycles. The summed E-state index contributed by atoms with van der Waals surface area (Å²) in [6.07, 6.45) is 3.91. The van der Waals surface area contributed by atoms with Crippen LogP contribution in [0.3, 0.4) is 0 Å². The van der Waals surface area contributed by atoms with Gasteiger partial charge in [0.25, 0.3) is 0 Å². The van der Waals surface area contributed by atoms with Crippen LogP contribution in [0.4, 0.5) is 0 Å². The Balaban J connectivity index is 3.23. The van der Waals surface area contributed by atoms with Gasteiger partial charge in [-0.05, 0) is 53.9 Å². The molecule has 0 amide bonds. The highest BCUT2D eigenvalue weighted by Crippen LogP contribution is 2.20. The van der Waals surface area contributed by atoms with Crippen LogP contribution in [0.5, 0.6) is 0 Å². The number of halogens is 1. The third kappa shape index (κ3) is 1.95. The number of pyridine rings is 1. The normalized spacial score (nSPS) is 11.8. The van der Waals surface area contributed by atoms with E-state index in [1.54, 1.807) is 0 Å². The predicted molar refractivity (Wildman–Crippen MR) is 56.0 cm³/mol. The zero-order valence-corrected chi connectivity index (χ0v) is 9.14. The van der Waals surface area contributed by atoms with Crippen molar-refractivity contribution in [2.45, 2.75) is 20.8 Å². The highest BCUT2D eigenvalue weighted by molar-refractivity contribution is 9.10. The highest BCUT2D eigenvalue weighted by atomic mass is 79.9. The van der Waals surface area contributed by atoms with Gasteiger partial charge in [0.1, 0.15) is 0 Å². The molecule has 1 nitrogen and oxygen atoms in total. The number of hydrogen-bond donors (Lipinski definition) is 0. The molecule has 0 spiro atoms. The van der Waals surface area contributed by atoms with E-state index in [0.717, 1.165) is 10.2 Å². The largest absolute Gasteiger partial charge is 0.260 e. The molecular formula is C10H12BrN. The van der Waals surface area contributed by atoms with Crippen LogP contribution in [0.15, 0.2) is 22.8 Å². The Morgan fingerprint density at radius 2 is 2.25 bits per heavy atom. The fourth-order valence-electron chi connectivity index (χ4n) is 1.06. The molecule has 12 heavy (non-hydrogen) atoms. The molecule has 2 heteroatoms. The van der Waals surface area contributed by atoms with Gasteiger partial charge in [0.2, 0.25) is 0 Å². The van der Waals surface area contributed by atoms with Crippen molar-refractivity contribution in [1.29, 1.82) is 0 Å². The summed E-state index contributed by atoms with van der Waals surface area (Å²) in [5.41, 5.74) is 3.56. The van der Waals surface area contributed by atoms with Crippen LogP contribution >= 0.6 is 15.9 Å². The number of aryl methyl sites for hydroxylation is 1. The third-order valence-corrected chi connectivity index (χ3v) is 2.35. The lowest BCUT2D eigenvalue weighted by Gasteiger charge is -2.04. The molecule has 0 atom stereocenters. The second-order valence-electron chi connectivity index (χ2n) is 2.76. The zero-order chi connectivity index (χ0) is 9.14.